The van der Waals surface area contributed by atoms with E-state index in [0.29, 0.717) is 22.5 Å². The van der Waals surface area contributed by atoms with Crippen LogP contribution in [-0.2, 0) is 12.7 Å². The third kappa shape index (κ3) is 4.35. The van der Waals surface area contributed by atoms with Crippen molar-refractivity contribution in [1.82, 2.24) is 24.7 Å². The Kier molecular flexibility index (Phi) is 5.62. The molecule has 0 bridgehead atoms. The van der Waals surface area contributed by atoms with Gasteiger partial charge in [-0.2, -0.15) is 18.3 Å². The quantitative estimate of drug-likeness (QED) is 0.321. The summed E-state index contributed by atoms with van der Waals surface area (Å²) in [4.78, 5) is 12.7. The van der Waals surface area contributed by atoms with Gasteiger partial charge in [0.1, 0.15) is 17.2 Å². The Labute approximate surface area is 201 Å². The lowest BCUT2D eigenvalue weighted by atomic mass is 10.0. The van der Waals surface area contributed by atoms with Crippen LogP contribution in [0.15, 0.2) is 60.9 Å². The van der Waals surface area contributed by atoms with E-state index in [1.54, 1.807) is 25.3 Å². The van der Waals surface area contributed by atoms with Crippen molar-refractivity contribution in [3.63, 3.8) is 0 Å². The molecule has 2 aromatic carbocycles. The number of rotatable bonds is 4. The number of imidazole rings is 1. The molecule has 36 heavy (non-hydrogen) atoms. The summed E-state index contributed by atoms with van der Waals surface area (Å²) in [5.74, 6) is -1.99. The van der Waals surface area contributed by atoms with E-state index in [4.69, 9.17) is 5.73 Å². The highest BCUT2D eigenvalue weighted by molar-refractivity contribution is 5.68. The number of aromatic nitrogens is 5. The number of anilines is 1. The molecular weight excluding hydrogens is 479 g/mol. The molecule has 0 unspecified atom stereocenters. The van der Waals surface area contributed by atoms with Gasteiger partial charge in [-0.05, 0) is 31.2 Å². The van der Waals surface area contributed by atoms with E-state index in [2.05, 4.69) is 20.1 Å². The summed E-state index contributed by atoms with van der Waals surface area (Å²) in [7, 11) is 0. The van der Waals surface area contributed by atoms with Crippen molar-refractivity contribution in [2.75, 3.05) is 5.73 Å². The van der Waals surface area contributed by atoms with Gasteiger partial charge in [0.05, 0.1) is 35.8 Å². The van der Waals surface area contributed by atoms with Gasteiger partial charge in [-0.25, -0.2) is 23.7 Å². The predicted molar refractivity (Wildman–Crippen MR) is 123 cm³/mol. The van der Waals surface area contributed by atoms with Crippen molar-refractivity contribution in [2.45, 2.75) is 19.6 Å². The van der Waals surface area contributed by atoms with Crippen molar-refractivity contribution >= 4 is 5.82 Å². The second-order valence-electron chi connectivity index (χ2n) is 8.18. The maximum Gasteiger partial charge on any atom is 0.417 e. The first-order valence-electron chi connectivity index (χ1n) is 10.7. The van der Waals surface area contributed by atoms with Crippen LogP contribution >= 0.6 is 0 Å². The topological polar surface area (TPSA) is 82.5 Å². The SMILES string of the molecule is Cc1ccc(-c2ccc(Cn3cc4nc(-c5cccc(F)c5F)nc-4cn3)c(N)n2)c(C(F)(F)F)c1. The summed E-state index contributed by atoms with van der Waals surface area (Å²) >= 11 is 0. The first-order chi connectivity index (χ1) is 17.1. The molecule has 5 rings (SSSR count). The molecule has 0 saturated heterocycles. The zero-order valence-corrected chi connectivity index (χ0v) is 18.7. The van der Waals surface area contributed by atoms with Gasteiger partial charge in [0.15, 0.2) is 17.5 Å². The van der Waals surface area contributed by atoms with Gasteiger partial charge in [0.2, 0.25) is 0 Å². The van der Waals surface area contributed by atoms with Crippen LogP contribution in [-0.4, -0.2) is 24.7 Å². The Morgan fingerprint density at radius 3 is 2.42 bits per heavy atom. The number of nitrogens with zero attached hydrogens (tertiary/aromatic N) is 5. The van der Waals surface area contributed by atoms with Crippen molar-refractivity contribution in [3.8, 4) is 34.0 Å². The molecule has 6 nitrogen and oxygen atoms in total. The fourth-order valence-corrected chi connectivity index (χ4v) is 3.82. The number of benzene rings is 2. The first kappa shape index (κ1) is 23.3. The van der Waals surface area contributed by atoms with E-state index in [1.807, 2.05) is 0 Å². The number of aryl methyl sites for hydroxylation is 1. The number of hydrogen-bond acceptors (Lipinski definition) is 5. The summed E-state index contributed by atoms with van der Waals surface area (Å²) in [6.45, 7) is 1.73. The molecule has 2 aliphatic rings. The molecule has 0 fully saturated rings. The highest BCUT2D eigenvalue weighted by Crippen LogP contribution is 2.37. The zero-order valence-electron chi connectivity index (χ0n) is 18.7. The maximum atomic E-state index is 14.1. The monoisotopic (exact) mass is 496 g/mol. The number of hydrogen-bond donors (Lipinski definition) is 1. The largest absolute Gasteiger partial charge is 0.417 e. The van der Waals surface area contributed by atoms with Crippen LogP contribution < -0.4 is 5.73 Å². The van der Waals surface area contributed by atoms with Crippen LogP contribution in [0.5, 0.6) is 0 Å². The van der Waals surface area contributed by atoms with Gasteiger partial charge < -0.3 is 5.73 Å². The van der Waals surface area contributed by atoms with Gasteiger partial charge in [-0.1, -0.05) is 29.8 Å². The molecule has 0 aliphatic carbocycles. The number of alkyl halides is 3. The van der Waals surface area contributed by atoms with E-state index in [0.717, 1.165) is 12.1 Å². The molecule has 0 radical (unpaired) electrons. The third-order valence-electron chi connectivity index (χ3n) is 5.61. The van der Waals surface area contributed by atoms with E-state index in [9.17, 15) is 22.0 Å². The van der Waals surface area contributed by atoms with Crippen molar-refractivity contribution in [1.29, 1.82) is 0 Å². The van der Waals surface area contributed by atoms with Crippen LogP contribution in [0.25, 0.3) is 34.0 Å². The number of nitrogens with two attached hydrogens (primary N) is 1. The Bertz CT molecular complexity index is 1560. The Hall–Kier alpha value is -4.41. The van der Waals surface area contributed by atoms with Crippen molar-refractivity contribution < 1.29 is 22.0 Å². The van der Waals surface area contributed by atoms with Gasteiger partial charge >= 0.3 is 6.18 Å². The molecule has 2 N–H and O–H groups in total. The molecule has 0 atom stereocenters. The average Bonchev–Trinajstić information content (AvgIpc) is 3.25. The Morgan fingerprint density at radius 1 is 0.889 bits per heavy atom. The summed E-state index contributed by atoms with van der Waals surface area (Å²) in [6.07, 6.45) is -1.57. The lowest BCUT2D eigenvalue weighted by Crippen LogP contribution is -2.10. The summed E-state index contributed by atoms with van der Waals surface area (Å²) in [5.41, 5.74) is 7.02. The fourth-order valence-electron chi connectivity index (χ4n) is 3.82. The molecule has 3 aromatic rings. The fraction of sp³-hybridized carbons (Fsp3) is 0.120. The van der Waals surface area contributed by atoms with Crippen LogP contribution in [0.2, 0.25) is 0 Å². The summed E-state index contributed by atoms with van der Waals surface area (Å²) in [6, 6.07) is 10.8. The smallest absolute Gasteiger partial charge is 0.383 e. The molecule has 0 spiro atoms. The highest BCUT2D eigenvalue weighted by Gasteiger charge is 2.34. The average molecular weight is 496 g/mol. The molecular formula is C25H17F5N6. The van der Waals surface area contributed by atoms with Gasteiger partial charge in [0.25, 0.3) is 0 Å². The number of nitrogen functional groups attached to an aromatic ring is 1. The molecule has 11 heteroatoms. The molecule has 182 valence electrons. The minimum Gasteiger partial charge on any atom is -0.383 e. The summed E-state index contributed by atoms with van der Waals surface area (Å²) in [5, 5.41) is 4.24. The molecule has 2 aliphatic heterocycles. The van der Waals surface area contributed by atoms with E-state index in [1.165, 1.54) is 35.1 Å². The zero-order chi connectivity index (χ0) is 25.6. The van der Waals surface area contributed by atoms with Crippen molar-refractivity contribution in [2.24, 2.45) is 0 Å². The van der Waals surface area contributed by atoms with Crippen LogP contribution in [0.1, 0.15) is 16.7 Å². The molecule has 3 heterocycles. The highest BCUT2D eigenvalue weighted by atomic mass is 19.4. The van der Waals surface area contributed by atoms with Crippen molar-refractivity contribution in [3.05, 3.63) is 89.2 Å². The maximum absolute atomic E-state index is 14.1. The second-order valence-corrected chi connectivity index (χ2v) is 8.18. The molecule has 0 saturated carbocycles. The minimum atomic E-state index is -4.54. The van der Waals surface area contributed by atoms with E-state index < -0.39 is 23.4 Å². The first-order valence-corrected chi connectivity index (χ1v) is 10.7. The number of fused-ring (bicyclic) bond motifs is 1. The van der Waals surface area contributed by atoms with Gasteiger partial charge in [-0.15, -0.1) is 0 Å². The summed E-state index contributed by atoms with van der Waals surface area (Å²) < 4.78 is 69.8. The normalized spacial score (nSPS) is 11.8. The molecule has 0 amide bonds. The van der Waals surface area contributed by atoms with Gasteiger partial charge in [0, 0.05) is 11.1 Å². The second kappa shape index (κ2) is 8.67. The molecule has 1 aromatic heterocycles. The van der Waals surface area contributed by atoms with Gasteiger partial charge in [-0.3, -0.25) is 4.68 Å². The minimum absolute atomic E-state index is 0.0191. The third-order valence-corrected chi connectivity index (χ3v) is 5.61. The predicted octanol–water partition coefficient (Wildman–Crippen LogP) is 5.74. The number of pyridine rings is 1. The lowest BCUT2D eigenvalue weighted by Gasteiger charge is -2.15. The van der Waals surface area contributed by atoms with Crippen LogP contribution in [0.3, 0.4) is 0 Å². The standard InChI is InChI=1S/C25H17F5N6/c1-13-5-7-15(17(9-13)25(28,29)30)19-8-6-14(23(31)33-19)11-36-12-21-20(10-32-36)34-24(35-21)16-3-2-4-18(26)22(16)27/h2-10,12H,11H2,1H3,(H2,31,33). The van der Waals surface area contributed by atoms with E-state index in [-0.39, 0.29) is 35.0 Å². The Balaban J connectivity index is 1.45. The van der Waals surface area contributed by atoms with Crippen LogP contribution in [0.4, 0.5) is 27.8 Å². The number of halogens is 5. The Morgan fingerprint density at radius 2 is 1.67 bits per heavy atom. The van der Waals surface area contributed by atoms with E-state index >= 15 is 0 Å². The van der Waals surface area contributed by atoms with Crippen LogP contribution in [0, 0.1) is 18.6 Å². The lowest BCUT2D eigenvalue weighted by molar-refractivity contribution is -0.137.